The Labute approximate surface area is 164 Å². The van der Waals surface area contributed by atoms with Crippen molar-refractivity contribution >= 4 is 35.4 Å². The quantitative estimate of drug-likeness (QED) is 0.363. The van der Waals surface area contributed by atoms with Gasteiger partial charge in [0.1, 0.15) is 17.6 Å². The maximum atomic E-state index is 12.1. The number of nitrogens with two attached hydrogens (primary N) is 2. The van der Waals surface area contributed by atoms with E-state index in [9.17, 15) is 19.2 Å². The minimum Gasteiger partial charge on any atom is -0.480 e. The molecule has 2 rings (SSSR count). The molecule has 2 aromatic rings. The summed E-state index contributed by atoms with van der Waals surface area (Å²) in [5, 5.41) is 13.9. The highest BCUT2D eigenvalue weighted by molar-refractivity contribution is 5.97. The number of hydrogen-bond donors (Lipinski definition) is 6. The third-order valence-corrected chi connectivity index (χ3v) is 3.65. The Bertz CT molecular complexity index is 986. The molecule has 2 aromatic heterocycles. The van der Waals surface area contributed by atoms with Crippen LogP contribution in [-0.2, 0) is 4.79 Å². The number of amides is 3. The van der Waals surface area contributed by atoms with Gasteiger partial charge >= 0.3 is 12.0 Å². The summed E-state index contributed by atoms with van der Waals surface area (Å²) in [6, 6.07) is 1.77. The third kappa shape index (κ3) is 5.41. The largest absolute Gasteiger partial charge is 0.480 e. The molecule has 154 valence electrons. The van der Waals surface area contributed by atoms with Crippen LogP contribution in [0.1, 0.15) is 24.3 Å². The van der Waals surface area contributed by atoms with Gasteiger partial charge in [-0.25, -0.2) is 20.0 Å². The Balaban J connectivity index is 2.03. The SMILES string of the molecule is CC(C)[C@H](NC(=O)c1ccc(NC(=O)Nn2c(N)nc(N)cc2=O)cn1)C(=O)O. The van der Waals surface area contributed by atoms with E-state index in [1.54, 1.807) is 13.8 Å². The van der Waals surface area contributed by atoms with Crippen molar-refractivity contribution in [2.45, 2.75) is 19.9 Å². The lowest BCUT2D eigenvalue weighted by molar-refractivity contribution is -0.140. The Morgan fingerprint density at radius 3 is 2.41 bits per heavy atom. The molecule has 8 N–H and O–H groups in total. The summed E-state index contributed by atoms with van der Waals surface area (Å²) in [7, 11) is 0. The fourth-order valence-corrected chi connectivity index (χ4v) is 2.22. The predicted octanol–water partition coefficient (Wildman–Crippen LogP) is -0.583. The summed E-state index contributed by atoms with van der Waals surface area (Å²) < 4.78 is 0.693. The molecule has 0 saturated heterocycles. The van der Waals surface area contributed by atoms with E-state index in [4.69, 9.17) is 16.6 Å². The predicted molar refractivity (Wildman–Crippen MR) is 104 cm³/mol. The van der Waals surface area contributed by atoms with E-state index in [1.807, 2.05) is 0 Å². The number of nitrogens with zero attached hydrogens (tertiary/aromatic N) is 3. The average Bonchev–Trinajstić information content (AvgIpc) is 2.62. The number of carbonyl (C=O) groups excluding carboxylic acids is 2. The van der Waals surface area contributed by atoms with Crippen molar-refractivity contribution < 1.29 is 19.5 Å². The number of anilines is 3. The molecule has 0 aliphatic rings. The van der Waals surface area contributed by atoms with Crippen LogP contribution < -0.4 is 33.1 Å². The van der Waals surface area contributed by atoms with Crippen molar-refractivity contribution in [3.63, 3.8) is 0 Å². The number of pyridine rings is 1. The first-order valence-corrected chi connectivity index (χ1v) is 8.31. The Morgan fingerprint density at radius 1 is 1.21 bits per heavy atom. The zero-order chi connectivity index (χ0) is 21.7. The summed E-state index contributed by atoms with van der Waals surface area (Å²) in [4.78, 5) is 54.6. The van der Waals surface area contributed by atoms with E-state index in [2.05, 4.69) is 26.0 Å². The lowest BCUT2D eigenvalue weighted by Crippen LogP contribution is -2.44. The number of rotatable bonds is 6. The van der Waals surface area contributed by atoms with Gasteiger partial charge < -0.3 is 27.2 Å². The van der Waals surface area contributed by atoms with Gasteiger partial charge in [0.25, 0.3) is 11.5 Å². The normalized spacial score (nSPS) is 11.6. The molecule has 3 amide bonds. The third-order valence-electron chi connectivity index (χ3n) is 3.65. The molecule has 0 saturated carbocycles. The number of carbonyl (C=O) groups is 3. The second-order valence-electron chi connectivity index (χ2n) is 6.24. The van der Waals surface area contributed by atoms with Crippen molar-refractivity contribution in [2.24, 2.45) is 5.92 Å². The lowest BCUT2D eigenvalue weighted by Gasteiger charge is -2.17. The van der Waals surface area contributed by atoms with Crippen molar-refractivity contribution in [3.8, 4) is 0 Å². The molecular weight excluding hydrogens is 384 g/mol. The Hall–Kier alpha value is -4.16. The molecular formula is C16H20N8O5. The smallest absolute Gasteiger partial charge is 0.338 e. The van der Waals surface area contributed by atoms with Gasteiger partial charge in [-0.05, 0) is 18.1 Å². The van der Waals surface area contributed by atoms with Gasteiger partial charge in [-0.2, -0.15) is 9.66 Å². The van der Waals surface area contributed by atoms with Crippen LogP contribution >= 0.6 is 0 Å². The molecule has 0 unspecified atom stereocenters. The number of nitrogen functional groups attached to an aromatic ring is 2. The molecule has 0 aromatic carbocycles. The van der Waals surface area contributed by atoms with E-state index in [1.165, 1.54) is 18.3 Å². The number of aromatic nitrogens is 3. The molecule has 29 heavy (non-hydrogen) atoms. The fraction of sp³-hybridized carbons (Fsp3) is 0.250. The first-order chi connectivity index (χ1) is 13.6. The zero-order valence-corrected chi connectivity index (χ0v) is 15.5. The van der Waals surface area contributed by atoms with Gasteiger partial charge in [0.05, 0.1) is 11.9 Å². The second kappa shape index (κ2) is 8.69. The van der Waals surface area contributed by atoms with E-state index in [-0.39, 0.29) is 29.1 Å². The molecule has 1 atom stereocenters. The van der Waals surface area contributed by atoms with Crippen LogP contribution in [0.3, 0.4) is 0 Å². The maximum absolute atomic E-state index is 12.1. The van der Waals surface area contributed by atoms with Crippen LogP contribution in [0, 0.1) is 5.92 Å². The summed E-state index contributed by atoms with van der Waals surface area (Å²) in [6.45, 7) is 3.32. The number of hydrogen-bond acceptors (Lipinski definition) is 8. The topological polar surface area (TPSA) is 207 Å². The zero-order valence-electron chi connectivity index (χ0n) is 15.5. The lowest BCUT2D eigenvalue weighted by atomic mass is 10.0. The standard InChI is InChI=1S/C16H20N8O5/c1-7(2)12(14(27)28)22-13(26)9-4-3-8(6-19-9)20-16(29)23-24-11(25)5-10(17)21-15(24)18/h3-7,12H,17H2,1-2H3,(H2,18,21)(H,22,26)(H,27,28)(H2,20,23,29)/t12-/m0/s1. The van der Waals surface area contributed by atoms with Crippen LogP contribution in [0.25, 0.3) is 0 Å². The fourth-order valence-electron chi connectivity index (χ4n) is 2.22. The highest BCUT2D eigenvalue weighted by Crippen LogP contribution is 2.08. The minimum absolute atomic E-state index is 0.0361. The summed E-state index contributed by atoms with van der Waals surface area (Å²) >= 11 is 0. The molecule has 0 spiro atoms. The highest BCUT2D eigenvalue weighted by atomic mass is 16.4. The number of carboxylic acid groups (broad SMARTS) is 1. The molecule has 13 nitrogen and oxygen atoms in total. The Morgan fingerprint density at radius 2 is 1.90 bits per heavy atom. The molecule has 0 fully saturated rings. The highest BCUT2D eigenvalue weighted by Gasteiger charge is 2.24. The van der Waals surface area contributed by atoms with Gasteiger partial charge in [0.15, 0.2) is 0 Å². The Kier molecular flexibility index (Phi) is 6.33. The van der Waals surface area contributed by atoms with E-state index in [0.29, 0.717) is 4.68 Å². The van der Waals surface area contributed by atoms with Crippen molar-refractivity contribution in [3.05, 3.63) is 40.4 Å². The number of nitrogens with one attached hydrogen (secondary N) is 3. The van der Waals surface area contributed by atoms with Gasteiger partial charge in [-0.3, -0.25) is 9.59 Å². The van der Waals surface area contributed by atoms with Crippen LogP contribution in [0.15, 0.2) is 29.2 Å². The summed E-state index contributed by atoms with van der Waals surface area (Å²) in [5.74, 6) is -2.55. The number of urea groups is 1. The van der Waals surface area contributed by atoms with Crippen LogP contribution in [0.4, 0.5) is 22.2 Å². The van der Waals surface area contributed by atoms with Crippen LogP contribution in [0.5, 0.6) is 0 Å². The summed E-state index contributed by atoms with van der Waals surface area (Å²) in [5.41, 5.74) is 12.6. The van der Waals surface area contributed by atoms with Gasteiger partial charge in [0.2, 0.25) is 5.95 Å². The van der Waals surface area contributed by atoms with E-state index >= 15 is 0 Å². The first kappa shape index (κ1) is 21.1. The number of aliphatic carboxylic acids is 1. The average molecular weight is 404 g/mol. The van der Waals surface area contributed by atoms with Gasteiger partial charge in [-0.15, -0.1) is 0 Å². The second-order valence-corrected chi connectivity index (χ2v) is 6.24. The molecule has 0 aliphatic heterocycles. The molecule has 13 heteroatoms. The van der Waals surface area contributed by atoms with Crippen molar-refractivity contribution in [1.82, 2.24) is 20.0 Å². The minimum atomic E-state index is -1.16. The van der Waals surface area contributed by atoms with E-state index < -0.39 is 29.5 Å². The van der Waals surface area contributed by atoms with Crippen LogP contribution in [0.2, 0.25) is 0 Å². The molecule has 2 heterocycles. The monoisotopic (exact) mass is 404 g/mol. The van der Waals surface area contributed by atoms with Gasteiger partial charge in [-0.1, -0.05) is 13.8 Å². The van der Waals surface area contributed by atoms with Crippen LogP contribution in [-0.4, -0.2) is 43.7 Å². The number of carboxylic acids is 1. The van der Waals surface area contributed by atoms with Crippen molar-refractivity contribution in [1.29, 1.82) is 0 Å². The summed E-state index contributed by atoms with van der Waals surface area (Å²) in [6.07, 6.45) is 1.19. The first-order valence-electron chi connectivity index (χ1n) is 8.31. The van der Waals surface area contributed by atoms with Crippen molar-refractivity contribution in [2.75, 3.05) is 22.2 Å². The molecule has 0 radical (unpaired) electrons. The van der Waals surface area contributed by atoms with Gasteiger partial charge in [0, 0.05) is 6.07 Å². The maximum Gasteiger partial charge on any atom is 0.338 e. The molecule has 0 bridgehead atoms. The molecule has 0 aliphatic carbocycles. The van der Waals surface area contributed by atoms with E-state index in [0.717, 1.165) is 6.07 Å².